The molecule has 1 fully saturated rings. The third kappa shape index (κ3) is 8.13. The van der Waals surface area contributed by atoms with Gasteiger partial charge in [0.1, 0.15) is 6.54 Å². The van der Waals surface area contributed by atoms with E-state index in [4.69, 9.17) is 9.84 Å². The number of hydrogen-bond acceptors (Lipinski definition) is 6. The van der Waals surface area contributed by atoms with E-state index in [1.165, 1.54) is 0 Å². The molecule has 0 radical (unpaired) electrons. The van der Waals surface area contributed by atoms with E-state index in [1.54, 1.807) is 0 Å². The van der Waals surface area contributed by atoms with E-state index in [1.807, 2.05) is 25.7 Å². The van der Waals surface area contributed by atoms with Gasteiger partial charge in [-0.05, 0) is 12.8 Å². The second-order valence-electron chi connectivity index (χ2n) is 6.78. The SMILES string of the molecule is CC(C)C(C)NC(=O)CN1CCOC(CN(CC(=O)O)S(C)(=O)=O)C1. The van der Waals surface area contributed by atoms with Crippen molar-refractivity contribution in [1.82, 2.24) is 14.5 Å². The van der Waals surface area contributed by atoms with E-state index in [0.29, 0.717) is 25.6 Å². The summed E-state index contributed by atoms with van der Waals surface area (Å²) in [5.41, 5.74) is 0. The molecule has 1 aliphatic heterocycles. The van der Waals surface area contributed by atoms with Crippen LogP contribution in [-0.4, -0.2) is 92.3 Å². The number of carbonyl (C=O) groups is 2. The van der Waals surface area contributed by atoms with Gasteiger partial charge in [-0.1, -0.05) is 13.8 Å². The molecular formula is C15H29N3O6S. The largest absolute Gasteiger partial charge is 0.480 e. The molecule has 1 rings (SSSR count). The number of hydrogen-bond donors (Lipinski definition) is 2. The monoisotopic (exact) mass is 379 g/mol. The Hall–Kier alpha value is -1.23. The summed E-state index contributed by atoms with van der Waals surface area (Å²) in [5, 5.41) is 11.8. The number of carboxylic acids is 1. The predicted octanol–water partition coefficient (Wildman–Crippen LogP) is -0.806. The first kappa shape index (κ1) is 21.8. The number of ether oxygens (including phenoxy) is 1. The van der Waals surface area contributed by atoms with Crippen LogP contribution in [0.1, 0.15) is 20.8 Å². The molecule has 0 aromatic rings. The van der Waals surface area contributed by atoms with Crippen LogP contribution < -0.4 is 5.32 Å². The summed E-state index contributed by atoms with van der Waals surface area (Å²) in [6, 6.07) is 0.0700. The van der Waals surface area contributed by atoms with Crippen molar-refractivity contribution in [3.63, 3.8) is 0 Å². The van der Waals surface area contributed by atoms with Gasteiger partial charge in [-0.2, -0.15) is 4.31 Å². The average Bonchev–Trinajstić information content (AvgIpc) is 2.45. The van der Waals surface area contributed by atoms with Gasteiger partial charge in [-0.25, -0.2) is 8.42 Å². The first-order chi connectivity index (χ1) is 11.5. The molecular weight excluding hydrogens is 350 g/mol. The van der Waals surface area contributed by atoms with Crippen LogP contribution in [0.15, 0.2) is 0 Å². The highest BCUT2D eigenvalue weighted by atomic mass is 32.2. The van der Waals surface area contributed by atoms with Gasteiger partial charge in [0, 0.05) is 25.7 Å². The van der Waals surface area contributed by atoms with Crippen LogP contribution in [0.2, 0.25) is 0 Å². The minimum absolute atomic E-state index is 0.0500. The van der Waals surface area contributed by atoms with Gasteiger partial charge in [0.2, 0.25) is 15.9 Å². The normalized spacial score (nSPS) is 20.6. The highest BCUT2D eigenvalue weighted by molar-refractivity contribution is 7.88. The van der Waals surface area contributed by atoms with Crippen LogP contribution in [0.3, 0.4) is 0 Å². The fourth-order valence-corrected chi connectivity index (χ4v) is 3.18. The first-order valence-corrected chi connectivity index (χ1v) is 10.1. The molecule has 1 heterocycles. The lowest BCUT2D eigenvalue weighted by atomic mass is 10.1. The Balaban J connectivity index is 2.58. The molecule has 25 heavy (non-hydrogen) atoms. The summed E-state index contributed by atoms with van der Waals surface area (Å²) in [7, 11) is -3.65. The Morgan fingerprint density at radius 3 is 2.52 bits per heavy atom. The molecule has 1 amide bonds. The van der Waals surface area contributed by atoms with Gasteiger partial charge in [0.25, 0.3) is 0 Å². The number of aliphatic carboxylic acids is 1. The number of sulfonamides is 1. The highest BCUT2D eigenvalue weighted by Gasteiger charge is 2.28. The Bertz CT molecular complexity index is 566. The van der Waals surface area contributed by atoms with Crippen LogP contribution in [0.5, 0.6) is 0 Å². The molecule has 0 aromatic heterocycles. The highest BCUT2D eigenvalue weighted by Crippen LogP contribution is 2.10. The maximum absolute atomic E-state index is 12.1. The van der Waals surface area contributed by atoms with Crippen molar-refractivity contribution in [2.24, 2.45) is 5.92 Å². The van der Waals surface area contributed by atoms with Gasteiger partial charge in [0.05, 0.1) is 25.5 Å². The van der Waals surface area contributed by atoms with Crippen LogP contribution in [0, 0.1) is 5.92 Å². The first-order valence-electron chi connectivity index (χ1n) is 8.29. The maximum Gasteiger partial charge on any atom is 0.318 e. The molecule has 146 valence electrons. The summed E-state index contributed by atoms with van der Waals surface area (Å²) in [6.45, 7) is 6.84. The van der Waals surface area contributed by atoms with Crippen molar-refractivity contribution in [3.8, 4) is 0 Å². The summed E-state index contributed by atoms with van der Waals surface area (Å²) in [6.07, 6.45) is 0.496. The second kappa shape index (κ2) is 9.46. The number of nitrogens with zero attached hydrogens (tertiary/aromatic N) is 2. The maximum atomic E-state index is 12.1. The van der Waals surface area contributed by atoms with Crippen molar-refractivity contribution in [1.29, 1.82) is 0 Å². The van der Waals surface area contributed by atoms with E-state index in [0.717, 1.165) is 10.6 Å². The molecule has 0 spiro atoms. The zero-order valence-corrected chi connectivity index (χ0v) is 16.1. The third-order valence-electron chi connectivity index (χ3n) is 4.17. The van der Waals surface area contributed by atoms with Crippen LogP contribution in [0.4, 0.5) is 0 Å². The molecule has 1 saturated heterocycles. The number of rotatable bonds is 9. The number of morpholine rings is 1. The van der Waals surface area contributed by atoms with Crippen molar-refractivity contribution in [2.75, 3.05) is 45.6 Å². The van der Waals surface area contributed by atoms with E-state index >= 15 is 0 Å². The Morgan fingerprint density at radius 2 is 2.00 bits per heavy atom. The summed E-state index contributed by atoms with van der Waals surface area (Å²) < 4.78 is 29.9. The number of carbonyl (C=O) groups excluding carboxylic acids is 1. The van der Waals surface area contributed by atoms with Gasteiger partial charge in [-0.15, -0.1) is 0 Å². The second-order valence-corrected chi connectivity index (χ2v) is 8.76. The number of amides is 1. The van der Waals surface area contributed by atoms with Crippen molar-refractivity contribution >= 4 is 21.9 Å². The smallest absolute Gasteiger partial charge is 0.318 e. The summed E-state index contributed by atoms with van der Waals surface area (Å²) in [5.74, 6) is -0.978. The Labute approximate surface area is 149 Å². The lowest BCUT2D eigenvalue weighted by Gasteiger charge is -2.34. The molecule has 0 bridgehead atoms. The molecule has 1 aliphatic rings. The zero-order valence-electron chi connectivity index (χ0n) is 15.3. The van der Waals surface area contributed by atoms with Crippen molar-refractivity contribution < 1.29 is 27.9 Å². The minimum atomic E-state index is -3.65. The predicted molar refractivity (Wildman–Crippen MR) is 92.7 cm³/mol. The lowest BCUT2D eigenvalue weighted by molar-refractivity contribution is -0.137. The quantitative estimate of drug-likeness (QED) is 0.538. The van der Waals surface area contributed by atoms with Gasteiger partial charge in [0.15, 0.2) is 0 Å². The molecule has 0 aliphatic carbocycles. The van der Waals surface area contributed by atoms with Crippen molar-refractivity contribution in [3.05, 3.63) is 0 Å². The Kier molecular flexibility index (Phi) is 8.26. The van der Waals surface area contributed by atoms with Crippen LogP contribution >= 0.6 is 0 Å². The molecule has 10 heteroatoms. The molecule has 0 saturated carbocycles. The number of nitrogens with one attached hydrogen (secondary N) is 1. The molecule has 0 aromatic carbocycles. The van der Waals surface area contributed by atoms with Gasteiger partial charge in [-0.3, -0.25) is 14.5 Å². The standard InChI is InChI=1S/C15H29N3O6S/c1-11(2)12(3)16-14(19)9-17-5-6-24-13(7-17)8-18(10-15(20)21)25(4,22)23/h11-13H,5-10H2,1-4H3,(H,16,19)(H,20,21). The van der Waals surface area contributed by atoms with E-state index in [2.05, 4.69) is 5.32 Å². The van der Waals surface area contributed by atoms with Crippen LogP contribution in [-0.2, 0) is 24.3 Å². The van der Waals surface area contributed by atoms with Crippen LogP contribution in [0.25, 0.3) is 0 Å². The molecule has 2 N–H and O–H groups in total. The molecule has 9 nitrogen and oxygen atoms in total. The fraction of sp³-hybridized carbons (Fsp3) is 0.867. The average molecular weight is 379 g/mol. The number of carboxylic acid groups (broad SMARTS) is 1. The lowest BCUT2D eigenvalue weighted by Crippen LogP contribution is -2.52. The molecule has 2 atom stereocenters. The van der Waals surface area contributed by atoms with E-state index in [-0.39, 0.29) is 25.0 Å². The third-order valence-corrected chi connectivity index (χ3v) is 5.38. The minimum Gasteiger partial charge on any atom is -0.480 e. The summed E-state index contributed by atoms with van der Waals surface area (Å²) in [4.78, 5) is 24.8. The summed E-state index contributed by atoms with van der Waals surface area (Å²) >= 11 is 0. The van der Waals surface area contributed by atoms with Gasteiger partial charge >= 0.3 is 5.97 Å². The van der Waals surface area contributed by atoms with Crippen molar-refractivity contribution in [2.45, 2.75) is 32.9 Å². The molecule has 2 unspecified atom stereocenters. The van der Waals surface area contributed by atoms with Gasteiger partial charge < -0.3 is 15.2 Å². The zero-order chi connectivity index (χ0) is 19.2. The van der Waals surface area contributed by atoms with E-state index < -0.39 is 28.6 Å². The topological polar surface area (TPSA) is 116 Å². The van der Waals surface area contributed by atoms with E-state index in [9.17, 15) is 18.0 Å². The fourth-order valence-electron chi connectivity index (χ4n) is 2.40. The Morgan fingerprint density at radius 1 is 1.36 bits per heavy atom.